The molecule has 0 saturated carbocycles. The van der Waals surface area contributed by atoms with E-state index < -0.39 is 17.9 Å². The highest BCUT2D eigenvalue weighted by molar-refractivity contribution is 14.1. The number of hydrogen-bond donors (Lipinski definition) is 1. The fourth-order valence-electron chi connectivity index (χ4n) is 1.97. The maximum absolute atomic E-state index is 11.8. The molecule has 0 bridgehead atoms. The lowest BCUT2D eigenvalue weighted by Gasteiger charge is -2.12. The molecule has 0 aliphatic heterocycles. The Kier molecular flexibility index (Phi) is 5.97. The summed E-state index contributed by atoms with van der Waals surface area (Å²) in [4.78, 5) is 23.0. The number of esters is 1. The van der Waals surface area contributed by atoms with Crippen molar-refractivity contribution in [2.75, 3.05) is 6.61 Å². The van der Waals surface area contributed by atoms with Gasteiger partial charge in [0.15, 0.2) is 5.92 Å². The van der Waals surface area contributed by atoms with Gasteiger partial charge in [0.05, 0.1) is 6.61 Å². The summed E-state index contributed by atoms with van der Waals surface area (Å²) >= 11 is 2.20. The van der Waals surface area contributed by atoms with Crippen molar-refractivity contribution in [2.24, 2.45) is 0 Å². The Morgan fingerprint density at radius 2 is 1.57 bits per heavy atom. The van der Waals surface area contributed by atoms with E-state index in [0.717, 1.165) is 3.57 Å². The van der Waals surface area contributed by atoms with Gasteiger partial charge in [0.1, 0.15) is 11.5 Å². The Morgan fingerprint density at radius 3 is 2.04 bits per heavy atom. The van der Waals surface area contributed by atoms with E-state index in [-0.39, 0.29) is 6.61 Å². The molecule has 2 aromatic rings. The Bertz CT molecular complexity index is 679. The fraction of sp³-hybridized carbons (Fsp3) is 0.176. The van der Waals surface area contributed by atoms with Gasteiger partial charge in [-0.2, -0.15) is 0 Å². The molecule has 0 aliphatic carbocycles. The molecule has 0 aromatic heterocycles. The Hall–Kier alpha value is -2.09. The van der Waals surface area contributed by atoms with Gasteiger partial charge in [-0.1, -0.05) is 12.1 Å². The maximum Gasteiger partial charge on any atom is 0.324 e. The number of hydrogen-bond acceptors (Lipinski definition) is 4. The van der Waals surface area contributed by atoms with Crippen LogP contribution in [0.5, 0.6) is 11.5 Å². The topological polar surface area (TPSA) is 72.8 Å². The second-order valence-electron chi connectivity index (χ2n) is 4.65. The normalized spacial score (nSPS) is 11.6. The molecule has 0 heterocycles. The van der Waals surface area contributed by atoms with Crippen LogP contribution in [-0.4, -0.2) is 23.7 Å². The summed E-state index contributed by atoms with van der Waals surface area (Å²) < 4.78 is 11.6. The number of rotatable bonds is 6. The smallest absolute Gasteiger partial charge is 0.324 e. The van der Waals surface area contributed by atoms with Crippen molar-refractivity contribution in [1.82, 2.24) is 0 Å². The van der Waals surface area contributed by atoms with Crippen LogP contribution in [0.15, 0.2) is 48.5 Å². The summed E-state index contributed by atoms with van der Waals surface area (Å²) in [5, 5.41) is 9.22. The molecule has 0 amide bonds. The van der Waals surface area contributed by atoms with Crippen LogP contribution in [-0.2, 0) is 14.3 Å². The first-order valence-electron chi connectivity index (χ1n) is 6.94. The quantitative estimate of drug-likeness (QED) is 0.432. The number of carboxylic acid groups (broad SMARTS) is 1. The minimum absolute atomic E-state index is 0.136. The SMILES string of the molecule is CCOC(=O)C(C(=O)O)c1ccc(Oc2ccc(I)cc2)cc1. The van der Waals surface area contributed by atoms with Gasteiger partial charge in [-0.3, -0.25) is 9.59 Å². The number of carbonyl (C=O) groups is 2. The predicted molar refractivity (Wildman–Crippen MR) is 92.7 cm³/mol. The first-order chi connectivity index (χ1) is 11.0. The second kappa shape index (κ2) is 7.96. The molecule has 0 radical (unpaired) electrons. The van der Waals surface area contributed by atoms with E-state index >= 15 is 0 Å². The molecule has 0 spiro atoms. The number of aliphatic carboxylic acids is 1. The molecule has 1 atom stereocenters. The standard InChI is InChI=1S/C17H15IO5/c1-2-22-17(21)15(16(19)20)11-3-7-13(8-4-11)23-14-9-5-12(18)6-10-14/h3-10,15H,2H2,1H3,(H,19,20). The van der Waals surface area contributed by atoms with Crippen LogP contribution >= 0.6 is 22.6 Å². The predicted octanol–water partition coefficient (Wildman–Crippen LogP) is 3.81. The first-order valence-corrected chi connectivity index (χ1v) is 8.02. The van der Waals surface area contributed by atoms with Gasteiger partial charge in [-0.25, -0.2) is 0 Å². The second-order valence-corrected chi connectivity index (χ2v) is 5.89. The zero-order chi connectivity index (χ0) is 16.8. The molecule has 1 unspecified atom stereocenters. The van der Waals surface area contributed by atoms with Gasteiger partial charge in [-0.05, 0) is 71.5 Å². The number of ether oxygens (including phenoxy) is 2. The van der Waals surface area contributed by atoms with Crippen molar-refractivity contribution < 1.29 is 24.2 Å². The summed E-state index contributed by atoms with van der Waals surface area (Å²) in [6, 6.07) is 13.9. The maximum atomic E-state index is 11.8. The molecular formula is C17H15IO5. The monoisotopic (exact) mass is 426 g/mol. The van der Waals surface area contributed by atoms with Crippen molar-refractivity contribution >= 4 is 34.5 Å². The van der Waals surface area contributed by atoms with E-state index in [2.05, 4.69) is 22.6 Å². The lowest BCUT2D eigenvalue weighted by Crippen LogP contribution is -2.23. The van der Waals surface area contributed by atoms with Gasteiger partial charge in [0.2, 0.25) is 0 Å². The largest absolute Gasteiger partial charge is 0.480 e. The number of carbonyl (C=O) groups excluding carboxylic acids is 1. The third-order valence-corrected chi connectivity index (χ3v) is 3.75. The minimum atomic E-state index is -1.33. The van der Waals surface area contributed by atoms with Crippen LogP contribution < -0.4 is 4.74 Å². The number of halogens is 1. The third-order valence-electron chi connectivity index (χ3n) is 3.03. The molecule has 2 aromatic carbocycles. The Balaban J connectivity index is 2.15. The van der Waals surface area contributed by atoms with Crippen LogP contribution in [0.1, 0.15) is 18.4 Å². The van der Waals surface area contributed by atoms with Crippen molar-refractivity contribution in [3.63, 3.8) is 0 Å². The van der Waals surface area contributed by atoms with Gasteiger partial charge in [0.25, 0.3) is 0 Å². The third kappa shape index (κ3) is 4.69. The molecule has 0 fully saturated rings. The molecule has 2 rings (SSSR count). The molecule has 0 aliphatic rings. The minimum Gasteiger partial charge on any atom is -0.480 e. The van der Waals surface area contributed by atoms with Crippen LogP contribution in [0.2, 0.25) is 0 Å². The van der Waals surface area contributed by atoms with Gasteiger partial charge in [-0.15, -0.1) is 0 Å². The van der Waals surface area contributed by atoms with Gasteiger partial charge >= 0.3 is 11.9 Å². The summed E-state index contributed by atoms with van der Waals surface area (Å²) in [7, 11) is 0. The summed E-state index contributed by atoms with van der Waals surface area (Å²) in [5.41, 5.74) is 0.353. The molecule has 23 heavy (non-hydrogen) atoms. The Morgan fingerprint density at radius 1 is 1.04 bits per heavy atom. The zero-order valence-corrected chi connectivity index (χ0v) is 14.5. The van der Waals surface area contributed by atoms with Crippen LogP contribution in [0.3, 0.4) is 0 Å². The van der Waals surface area contributed by atoms with Crippen LogP contribution in [0, 0.1) is 3.57 Å². The molecule has 1 N–H and O–H groups in total. The van der Waals surface area contributed by atoms with Crippen molar-refractivity contribution in [1.29, 1.82) is 0 Å². The van der Waals surface area contributed by atoms with Crippen molar-refractivity contribution in [3.05, 3.63) is 57.7 Å². The van der Waals surface area contributed by atoms with Crippen molar-refractivity contribution in [3.8, 4) is 11.5 Å². The Labute approximate surface area is 147 Å². The number of carboxylic acids is 1. The molecule has 120 valence electrons. The fourth-order valence-corrected chi connectivity index (χ4v) is 2.33. The van der Waals surface area contributed by atoms with Crippen LogP contribution in [0.4, 0.5) is 0 Å². The summed E-state index contributed by atoms with van der Waals surface area (Å²) in [5.74, 6) is -2.11. The highest BCUT2D eigenvalue weighted by Gasteiger charge is 2.29. The van der Waals surface area contributed by atoms with E-state index in [1.165, 1.54) is 0 Å². The van der Waals surface area contributed by atoms with E-state index in [1.54, 1.807) is 31.2 Å². The highest BCUT2D eigenvalue weighted by atomic mass is 127. The molecular weight excluding hydrogens is 411 g/mol. The molecule has 6 heteroatoms. The summed E-state index contributed by atoms with van der Waals surface area (Å²) in [6.45, 7) is 1.77. The highest BCUT2D eigenvalue weighted by Crippen LogP contribution is 2.25. The van der Waals surface area contributed by atoms with Crippen LogP contribution in [0.25, 0.3) is 0 Å². The molecule has 5 nitrogen and oxygen atoms in total. The van der Waals surface area contributed by atoms with E-state index in [4.69, 9.17) is 9.47 Å². The molecule has 0 saturated heterocycles. The lowest BCUT2D eigenvalue weighted by atomic mass is 9.99. The number of benzene rings is 2. The van der Waals surface area contributed by atoms with Gasteiger partial charge < -0.3 is 14.6 Å². The average Bonchev–Trinajstić information content (AvgIpc) is 2.51. The average molecular weight is 426 g/mol. The van der Waals surface area contributed by atoms with Gasteiger partial charge in [0, 0.05) is 3.57 Å². The van der Waals surface area contributed by atoms with Crippen molar-refractivity contribution in [2.45, 2.75) is 12.8 Å². The van der Waals surface area contributed by atoms with E-state index in [0.29, 0.717) is 17.1 Å². The zero-order valence-electron chi connectivity index (χ0n) is 12.4. The first kappa shape index (κ1) is 17.3. The van der Waals surface area contributed by atoms with E-state index in [9.17, 15) is 14.7 Å². The lowest BCUT2D eigenvalue weighted by molar-refractivity contribution is -0.153. The summed E-state index contributed by atoms with van der Waals surface area (Å²) in [6.07, 6.45) is 0. The van der Waals surface area contributed by atoms with E-state index in [1.807, 2.05) is 24.3 Å².